The third-order valence-electron chi connectivity index (χ3n) is 4.38. The molecule has 0 radical (unpaired) electrons. The molecule has 1 aliphatic carbocycles. The van der Waals surface area contributed by atoms with E-state index >= 15 is 0 Å². The molecule has 25 heavy (non-hydrogen) atoms. The molecule has 130 valence electrons. The maximum atomic E-state index is 12.8. The van der Waals surface area contributed by atoms with E-state index in [0.717, 1.165) is 0 Å². The van der Waals surface area contributed by atoms with Crippen molar-refractivity contribution in [3.63, 3.8) is 0 Å². The van der Waals surface area contributed by atoms with E-state index in [1.54, 1.807) is 0 Å². The van der Waals surface area contributed by atoms with Gasteiger partial charge in [-0.3, -0.25) is 14.9 Å². The third kappa shape index (κ3) is 3.01. The summed E-state index contributed by atoms with van der Waals surface area (Å²) in [5, 5.41) is 11.8. The molecule has 1 aromatic carbocycles. The zero-order chi connectivity index (χ0) is 18.5. The van der Waals surface area contributed by atoms with Gasteiger partial charge in [-0.25, -0.2) is 4.98 Å². The zero-order valence-corrected chi connectivity index (χ0v) is 16.3. The molecule has 0 bridgehead atoms. The lowest BCUT2D eigenvalue weighted by atomic mass is 9.74. The number of fused-ring (bicyclic) bond motifs is 2. The van der Waals surface area contributed by atoms with Crippen LogP contribution in [0.25, 0.3) is 14.5 Å². The van der Waals surface area contributed by atoms with Crippen LogP contribution in [-0.4, -0.2) is 22.8 Å². The predicted molar refractivity (Wildman–Crippen MR) is 104 cm³/mol. The van der Waals surface area contributed by atoms with Crippen LogP contribution in [0, 0.1) is 15.5 Å². The maximum absolute atomic E-state index is 12.8. The number of nitrogens with zero attached hydrogens (tertiary/aromatic N) is 2. The van der Waals surface area contributed by atoms with Crippen LogP contribution in [0.1, 0.15) is 41.9 Å². The number of aromatic nitrogens is 1. The molecule has 6 nitrogen and oxygen atoms in total. The number of rotatable bonds is 3. The van der Waals surface area contributed by atoms with Crippen LogP contribution in [0.15, 0.2) is 18.7 Å². The second-order valence-corrected chi connectivity index (χ2v) is 8.26. The summed E-state index contributed by atoms with van der Waals surface area (Å²) in [6.45, 7) is 8.05. The van der Waals surface area contributed by atoms with Crippen LogP contribution in [0.3, 0.4) is 0 Å². The van der Waals surface area contributed by atoms with Gasteiger partial charge < -0.3 is 4.74 Å². The highest BCUT2D eigenvalue weighted by Crippen LogP contribution is 2.43. The van der Waals surface area contributed by atoms with Crippen LogP contribution in [0.2, 0.25) is 0 Å². The second kappa shape index (κ2) is 6.05. The molecule has 0 unspecified atom stereocenters. The second-order valence-electron chi connectivity index (χ2n) is 6.96. The number of Topliss-reactive ketones (excluding diaryl/α,β-unsaturated/α-hetero) is 1. The van der Waals surface area contributed by atoms with Gasteiger partial charge in [0.25, 0.3) is 5.69 Å². The number of carbonyl (C=O) groups excluding carboxylic acids is 1. The molecular weight excluding hydrogens is 435 g/mol. The Labute approximate surface area is 158 Å². The molecule has 0 saturated heterocycles. The molecule has 1 aromatic heterocycles. The lowest BCUT2D eigenvalue weighted by Gasteiger charge is -2.31. The van der Waals surface area contributed by atoms with Crippen molar-refractivity contribution in [3.05, 3.63) is 45.6 Å². The first kappa shape index (κ1) is 17.8. The van der Waals surface area contributed by atoms with Crippen LogP contribution in [0.4, 0.5) is 5.69 Å². The van der Waals surface area contributed by atoms with Crippen molar-refractivity contribution in [2.45, 2.75) is 26.7 Å². The van der Waals surface area contributed by atoms with Gasteiger partial charge in [-0.15, -0.1) is 0 Å². The van der Waals surface area contributed by atoms with E-state index in [-0.39, 0.29) is 16.9 Å². The monoisotopic (exact) mass is 452 g/mol. The molecular formula is C18H17IN2O4. The Kier molecular flexibility index (Phi) is 4.30. The summed E-state index contributed by atoms with van der Waals surface area (Å²) >= 11 is 2.05. The molecule has 0 N–H and O–H groups in total. The van der Waals surface area contributed by atoms with E-state index in [2.05, 4.69) is 11.6 Å². The number of benzene rings is 1. The normalized spacial score (nSPS) is 15.8. The number of hydrogen-bond donors (Lipinski definition) is 0. The molecule has 0 amide bonds. The van der Waals surface area contributed by atoms with Crippen molar-refractivity contribution < 1.29 is 14.5 Å². The Morgan fingerprint density at radius 1 is 1.40 bits per heavy atom. The van der Waals surface area contributed by atoms with Crippen LogP contribution >= 0.6 is 22.6 Å². The summed E-state index contributed by atoms with van der Waals surface area (Å²) in [6.07, 6.45) is 1.07. The van der Waals surface area contributed by atoms with E-state index < -0.39 is 4.92 Å². The number of carbonyl (C=O) groups is 1. The number of nitro groups is 1. The lowest BCUT2D eigenvalue weighted by molar-refractivity contribution is -0.384. The van der Waals surface area contributed by atoms with E-state index in [0.29, 0.717) is 49.9 Å². The average molecular weight is 452 g/mol. The smallest absolute Gasteiger partial charge is 0.273 e. The topological polar surface area (TPSA) is 82.3 Å². The van der Waals surface area contributed by atoms with Gasteiger partial charge in [0.15, 0.2) is 11.5 Å². The minimum atomic E-state index is -0.480. The van der Waals surface area contributed by atoms with E-state index in [1.807, 2.05) is 36.4 Å². The number of ether oxygens (including phenoxy) is 1. The Bertz CT molecular complexity index is 950. The van der Waals surface area contributed by atoms with Crippen molar-refractivity contribution in [2.24, 2.45) is 5.41 Å². The molecule has 0 fully saturated rings. The summed E-state index contributed by atoms with van der Waals surface area (Å²) < 4.78 is 5.99. The highest BCUT2D eigenvalue weighted by molar-refractivity contribution is 14.1. The molecule has 3 rings (SSSR count). The first-order valence-corrected chi connectivity index (χ1v) is 8.79. The summed E-state index contributed by atoms with van der Waals surface area (Å²) in [5.74, 6) is 0.320. The summed E-state index contributed by atoms with van der Waals surface area (Å²) in [6, 6.07) is 2.80. The number of pyridine rings is 1. The molecule has 1 heterocycles. The fourth-order valence-corrected chi connectivity index (χ4v) is 3.94. The summed E-state index contributed by atoms with van der Waals surface area (Å²) in [5.41, 5.74) is 2.10. The van der Waals surface area contributed by atoms with Crippen LogP contribution < -0.4 is 4.74 Å². The van der Waals surface area contributed by atoms with Crippen molar-refractivity contribution >= 4 is 48.5 Å². The van der Waals surface area contributed by atoms with Crippen LogP contribution in [0.5, 0.6) is 5.75 Å². The SMILES string of the molecule is C=C(I)c1c2c(nc3c(OC)cc([N+](=O)[O-])cc13)CC(C)(C)CC2=O. The van der Waals surface area contributed by atoms with Gasteiger partial charge in [-0.2, -0.15) is 0 Å². The standard InChI is InChI=1S/C18H17IN2O4/c1-9(19)15-11-5-10(21(23)24)6-14(25-4)17(11)20-12-7-18(2,3)8-13(22)16(12)15/h5-6H,1,7-8H2,2-4H3. The van der Waals surface area contributed by atoms with Crippen molar-refractivity contribution in [3.8, 4) is 5.75 Å². The minimum Gasteiger partial charge on any atom is -0.494 e. The number of nitro benzene ring substituents is 1. The van der Waals surface area contributed by atoms with Gasteiger partial charge in [-0.1, -0.05) is 20.4 Å². The van der Waals surface area contributed by atoms with E-state index in [4.69, 9.17) is 4.74 Å². The van der Waals surface area contributed by atoms with Crippen molar-refractivity contribution in [1.29, 1.82) is 0 Å². The molecule has 2 aromatic rings. The third-order valence-corrected chi connectivity index (χ3v) is 4.92. The predicted octanol–water partition coefficient (Wildman–Crippen LogP) is 4.71. The molecule has 0 aliphatic heterocycles. The number of non-ortho nitro benzene ring substituents is 1. The number of halogens is 1. The zero-order valence-electron chi connectivity index (χ0n) is 14.2. The molecule has 0 atom stereocenters. The average Bonchev–Trinajstić information content (AvgIpc) is 2.50. The first-order valence-electron chi connectivity index (χ1n) is 7.71. The number of hydrogen-bond acceptors (Lipinski definition) is 5. The van der Waals surface area contributed by atoms with Crippen molar-refractivity contribution in [1.82, 2.24) is 4.98 Å². The quantitative estimate of drug-likeness (QED) is 0.383. The number of methoxy groups -OCH3 is 1. The number of ketones is 1. The minimum absolute atomic E-state index is 0.000982. The highest BCUT2D eigenvalue weighted by atomic mass is 127. The van der Waals surface area contributed by atoms with Gasteiger partial charge >= 0.3 is 0 Å². The summed E-state index contributed by atoms with van der Waals surface area (Å²) in [4.78, 5) is 28.2. The maximum Gasteiger partial charge on any atom is 0.273 e. The van der Waals surface area contributed by atoms with E-state index in [1.165, 1.54) is 19.2 Å². The molecule has 0 spiro atoms. The van der Waals surface area contributed by atoms with Gasteiger partial charge in [0, 0.05) is 32.6 Å². The lowest BCUT2D eigenvalue weighted by Crippen LogP contribution is -2.29. The highest BCUT2D eigenvalue weighted by Gasteiger charge is 2.35. The largest absolute Gasteiger partial charge is 0.494 e. The molecule has 7 heteroatoms. The fraction of sp³-hybridized carbons (Fsp3) is 0.333. The molecule has 1 aliphatic rings. The Hall–Kier alpha value is -2.03. The van der Waals surface area contributed by atoms with Gasteiger partial charge in [0.2, 0.25) is 0 Å². The van der Waals surface area contributed by atoms with E-state index in [9.17, 15) is 14.9 Å². The Morgan fingerprint density at radius 2 is 2.08 bits per heavy atom. The Balaban J connectivity index is 2.48. The first-order chi connectivity index (χ1) is 11.6. The van der Waals surface area contributed by atoms with Gasteiger partial charge in [-0.05, 0) is 34.4 Å². The Morgan fingerprint density at radius 3 is 2.64 bits per heavy atom. The summed E-state index contributed by atoms with van der Waals surface area (Å²) in [7, 11) is 1.45. The van der Waals surface area contributed by atoms with Crippen molar-refractivity contribution in [2.75, 3.05) is 7.11 Å². The fourth-order valence-electron chi connectivity index (χ4n) is 3.38. The van der Waals surface area contributed by atoms with Gasteiger partial charge in [0.05, 0.1) is 23.8 Å². The van der Waals surface area contributed by atoms with Crippen LogP contribution in [-0.2, 0) is 6.42 Å². The molecule has 0 saturated carbocycles. The van der Waals surface area contributed by atoms with Gasteiger partial charge in [0.1, 0.15) is 5.52 Å².